The predicted octanol–water partition coefficient (Wildman–Crippen LogP) is 2.52. The Labute approximate surface area is 147 Å². The Morgan fingerprint density at radius 2 is 1.75 bits per heavy atom. The molecule has 1 amide bonds. The molecule has 2 N–H and O–H groups in total. The van der Waals surface area contributed by atoms with Crippen molar-refractivity contribution in [1.82, 2.24) is 10.3 Å². The number of halogens is 3. The van der Waals surface area contributed by atoms with Crippen molar-refractivity contribution in [2.24, 2.45) is 0 Å². The third-order valence-electron chi connectivity index (χ3n) is 2.71. The second kappa shape index (κ2) is 7.80. The van der Waals surface area contributed by atoms with Crippen molar-refractivity contribution in [3.05, 3.63) is 58.3 Å². The summed E-state index contributed by atoms with van der Waals surface area (Å²) in [6.45, 7) is -0.463. The highest BCUT2D eigenvalue weighted by Crippen LogP contribution is 2.24. The Morgan fingerprint density at radius 3 is 2.38 bits per heavy atom. The molecular formula is C14H11Cl2FN2O4S. The van der Waals surface area contributed by atoms with Crippen molar-refractivity contribution >= 4 is 39.1 Å². The number of ether oxygens (including phenoxy) is 1. The molecule has 128 valence electrons. The Kier molecular flexibility index (Phi) is 6.00. The largest absolute Gasteiger partial charge is 0.484 e. The molecule has 0 bridgehead atoms. The molecule has 0 heterocycles. The lowest BCUT2D eigenvalue weighted by molar-refractivity contribution is -0.123. The van der Waals surface area contributed by atoms with E-state index in [1.54, 1.807) is 0 Å². The van der Waals surface area contributed by atoms with E-state index in [2.05, 4.69) is 0 Å². The summed E-state index contributed by atoms with van der Waals surface area (Å²) in [4.78, 5) is 13.3. The number of hydrogen-bond acceptors (Lipinski definition) is 4. The first-order valence-electron chi connectivity index (χ1n) is 6.42. The molecule has 0 spiro atoms. The van der Waals surface area contributed by atoms with Gasteiger partial charge in [-0.2, -0.15) is 0 Å². The molecule has 6 nitrogen and oxygen atoms in total. The van der Waals surface area contributed by atoms with Crippen LogP contribution in [0.25, 0.3) is 0 Å². The van der Waals surface area contributed by atoms with E-state index in [0.29, 0.717) is 0 Å². The minimum absolute atomic E-state index is 0.0607. The minimum Gasteiger partial charge on any atom is -0.484 e. The first-order chi connectivity index (χ1) is 11.3. The maximum atomic E-state index is 12.7. The molecule has 2 aromatic carbocycles. The molecule has 0 unspecified atom stereocenters. The lowest BCUT2D eigenvalue weighted by Gasteiger charge is -2.10. The fourth-order valence-electron chi connectivity index (χ4n) is 1.54. The summed E-state index contributed by atoms with van der Waals surface area (Å²) in [5.41, 5.74) is 1.99. The fraction of sp³-hybridized carbons (Fsp3) is 0.0714. The Bertz CT molecular complexity index is 844. The number of sulfonamides is 1. The number of hydrogen-bond donors (Lipinski definition) is 2. The highest BCUT2D eigenvalue weighted by Gasteiger charge is 2.16. The number of nitrogens with one attached hydrogen (secondary N) is 2. The Hall–Kier alpha value is -1.87. The van der Waals surface area contributed by atoms with Crippen molar-refractivity contribution in [3.63, 3.8) is 0 Å². The van der Waals surface area contributed by atoms with E-state index in [4.69, 9.17) is 27.9 Å². The number of amides is 1. The molecule has 0 aliphatic carbocycles. The zero-order valence-electron chi connectivity index (χ0n) is 11.9. The van der Waals surface area contributed by atoms with Gasteiger partial charge in [-0.25, -0.2) is 12.8 Å². The third kappa shape index (κ3) is 5.07. The van der Waals surface area contributed by atoms with Crippen LogP contribution in [0.2, 0.25) is 10.0 Å². The van der Waals surface area contributed by atoms with Gasteiger partial charge in [0, 0.05) is 0 Å². The van der Waals surface area contributed by atoms with Crippen LogP contribution in [0.3, 0.4) is 0 Å². The van der Waals surface area contributed by atoms with Gasteiger partial charge in [-0.1, -0.05) is 23.2 Å². The van der Waals surface area contributed by atoms with Crippen LogP contribution >= 0.6 is 23.2 Å². The number of benzene rings is 2. The topological polar surface area (TPSA) is 84.5 Å². The molecule has 0 saturated heterocycles. The van der Waals surface area contributed by atoms with E-state index in [0.717, 1.165) is 6.07 Å². The monoisotopic (exact) mass is 392 g/mol. The molecule has 0 fully saturated rings. The van der Waals surface area contributed by atoms with Crippen molar-refractivity contribution in [3.8, 4) is 5.75 Å². The lowest BCUT2D eigenvalue weighted by atomic mass is 10.3. The summed E-state index contributed by atoms with van der Waals surface area (Å²) in [5, 5.41) is 0.262. The fourth-order valence-corrected chi connectivity index (χ4v) is 2.79. The van der Waals surface area contributed by atoms with Gasteiger partial charge in [0.25, 0.3) is 15.9 Å². The zero-order valence-corrected chi connectivity index (χ0v) is 14.3. The molecule has 0 radical (unpaired) electrons. The molecule has 0 saturated carbocycles. The summed E-state index contributed by atoms with van der Waals surface area (Å²) in [7, 11) is -4.01. The van der Waals surface area contributed by atoms with Crippen LogP contribution in [-0.2, 0) is 14.8 Å². The smallest absolute Gasteiger partial charge is 0.272 e. The summed E-state index contributed by atoms with van der Waals surface area (Å²) >= 11 is 11.5. The van der Waals surface area contributed by atoms with Gasteiger partial charge in [-0.05, 0) is 42.5 Å². The molecule has 24 heavy (non-hydrogen) atoms. The molecule has 0 aromatic heterocycles. The van der Waals surface area contributed by atoms with Crippen LogP contribution in [-0.4, -0.2) is 20.9 Å². The van der Waals surface area contributed by atoms with E-state index < -0.39 is 28.4 Å². The normalized spacial score (nSPS) is 11.1. The SMILES string of the molecule is O=C(COc1ccc(F)cc1)NNS(=O)(=O)c1ccc(Cl)c(Cl)c1. The van der Waals surface area contributed by atoms with Gasteiger partial charge in [0.15, 0.2) is 6.61 Å². The van der Waals surface area contributed by atoms with Crippen molar-refractivity contribution in [1.29, 1.82) is 0 Å². The van der Waals surface area contributed by atoms with E-state index in [-0.39, 0.29) is 20.7 Å². The highest BCUT2D eigenvalue weighted by atomic mass is 35.5. The number of carbonyl (C=O) groups is 1. The maximum absolute atomic E-state index is 12.7. The minimum atomic E-state index is -4.01. The zero-order chi connectivity index (χ0) is 17.7. The average molecular weight is 393 g/mol. The first kappa shape index (κ1) is 18.5. The van der Waals surface area contributed by atoms with Gasteiger partial charge in [-0.15, -0.1) is 4.83 Å². The van der Waals surface area contributed by atoms with E-state index in [9.17, 15) is 17.6 Å². The molecule has 2 aromatic rings. The summed E-state index contributed by atoms with van der Waals surface area (Å²) in [6, 6.07) is 8.70. The first-order valence-corrected chi connectivity index (χ1v) is 8.66. The van der Waals surface area contributed by atoms with Crippen LogP contribution in [0.1, 0.15) is 0 Å². The van der Waals surface area contributed by atoms with Crippen LogP contribution in [0, 0.1) is 5.82 Å². The van der Waals surface area contributed by atoms with E-state index >= 15 is 0 Å². The predicted molar refractivity (Wildman–Crippen MR) is 86.8 cm³/mol. The Morgan fingerprint density at radius 1 is 1.08 bits per heavy atom. The second-order valence-electron chi connectivity index (χ2n) is 4.47. The molecular weight excluding hydrogens is 382 g/mol. The van der Waals surface area contributed by atoms with Crippen LogP contribution in [0.5, 0.6) is 5.75 Å². The van der Waals surface area contributed by atoms with Crippen molar-refractivity contribution in [2.45, 2.75) is 4.90 Å². The van der Waals surface area contributed by atoms with Gasteiger partial charge in [0.05, 0.1) is 14.9 Å². The van der Waals surface area contributed by atoms with Crippen molar-refractivity contribution < 1.29 is 22.3 Å². The van der Waals surface area contributed by atoms with Gasteiger partial charge in [0.2, 0.25) is 0 Å². The third-order valence-corrected chi connectivity index (χ3v) is 4.69. The average Bonchev–Trinajstić information content (AvgIpc) is 2.55. The quantitative estimate of drug-likeness (QED) is 0.739. The molecule has 0 atom stereocenters. The van der Waals surface area contributed by atoms with Gasteiger partial charge in [0.1, 0.15) is 11.6 Å². The summed E-state index contributed by atoms with van der Waals surface area (Å²) in [6.07, 6.45) is 0. The van der Waals surface area contributed by atoms with Crippen LogP contribution < -0.4 is 15.0 Å². The van der Waals surface area contributed by atoms with Crippen LogP contribution in [0.15, 0.2) is 47.4 Å². The summed E-state index contributed by atoms with van der Waals surface area (Å²) in [5.74, 6) is -0.928. The maximum Gasteiger partial charge on any atom is 0.272 e. The molecule has 0 aliphatic rings. The highest BCUT2D eigenvalue weighted by molar-refractivity contribution is 7.89. The van der Waals surface area contributed by atoms with Gasteiger partial charge >= 0.3 is 0 Å². The molecule has 2 rings (SSSR count). The van der Waals surface area contributed by atoms with Gasteiger partial charge < -0.3 is 4.74 Å². The lowest BCUT2D eigenvalue weighted by Crippen LogP contribution is -2.43. The van der Waals surface area contributed by atoms with E-state index in [1.165, 1.54) is 36.4 Å². The molecule has 0 aliphatic heterocycles. The number of carbonyl (C=O) groups excluding carboxylic acids is 1. The summed E-state index contributed by atoms with van der Waals surface area (Å²) < 4.78 is 41.8. The second-order valence-corrected chi connectivity index (χ2v) is 6.97. The van der Waals surface area contributed by atoms with Crippen LogP contribution in [0.4, 0.5) is 4.39 Å². The molecule has 10 heteroatoms. The number of rotatable bonds is 6. The van der Waals surface area contributed by atoms with Gasteiger partial charge in [-0.3, -0.25) is 10.2 Å². The van der Waals surface area contributed by atoms with E-state index in [1.807, 2.05) is 10.3 Å². The number of hydrazine groups is 1. The Balaban J connectivity index is 1.90. The van der Waals surface area contributed by atoms with Crippen molar-refractivity contribution in [2.75, 3.05) is 6.61 Å². The standard InChI is InChI=1S/C14H11Cl2FN2O4S/c15-12-6-5-11(7-13(12)16)24(21,22)19-18-14(20)8-23-10-3-1-9(17)2-4-10/h1-7,19H,8H2,(H,18,20).